The zero-order valence-corrected chi connectivity index (χ0v) is 11.3. The summed E-state index contributed by atoms with van der Waals surface area (Å²) in [5, 5.41) is 3.82. The molecule has 1 aromatic carbocycles. The molecule has 0 spiro atoms. The molecular formula is C14H16ClNO2. The van der Waals surface area contributed by atoms with Gasteiger partial charge in [0.15, 0.2) is 0 Å². The topological polar surface area (TPSA) is 34.4 Å². The molecule has 3 nitrogen and oxygen atoms in total. The Hall–Kier alpha value is -1.45. The molecule has 0 atom stereocenters. The first-order valence-electron chi connectivity index (χ1n) is 5.79. The van der Waals surface area contributed by atoms with Crippen LogP contribution in [0, 0.1) is 6.92 Å². The van der Waals surface area contributed by atoms with Crippen molar-refractivity contribution in [1.82, 2.24) is 5.32 Å². The number of nitrogens with one attached hydrogen (secondary N) is 1. The summed E-state index contributed by atoms with van der Waals surface area (Å²) in [6.07, 6.45) is 1.74. The van der Waals surface area contributed by atoms with Gasteiger partial charge in [0.25, 0.3) is 0 Å². The molecule has 0 fully saturated rings. The molecule has 1 aromatic heterocycles. The minimum absolute atomic E-state index is 0.421. The SMILES string of the molecule is CNCc1coc(COc2ccc(Cl)c(C)c2)c1. The highest BCUT2D eigenvalue weighted by Crippen LogP contribution is 2.22. The predicted octanol–water partition coefficient (Wildman–Crippen LogP) is 3.54. The molecule has 2 rings (SSSR count). The number of benzene rings is 1. The van der Waals surface area contributed by atoms with Crippen LogP contribution < -0.4 is 10.1 Å². The van der Waals surface area contributed by atoms with Crippen molar-refractivity contribution >= 4 is 11.6 Å². The van der Waals surface area contributed by atoms with Crippen molar-refractivity contribution in [3.8, 4) is 5.75 Å². The molecule has 0 aliphatic heterocycles. The maximum absolute atomic E-state index is 5.95. The third-order valence-electron chi connectivity index (χ3n) is 2.60. The van der Waals surface area contributed by atoms with Crippen LogP contribution in [-0.4, -0.2) is 7.05 Å². The van der Waals surface area contributed by atoms with Crippen molar-refractivity contribution in [1.29, 1.82) is 0 Å². The lowest BCUT2D eigenvalue weighted by Gasteiger charge is -2.05. The Morgan fingerprint density at radius 3 is 2.89 bits per heavy atom. The maximum Gasteiger partial charge on any atom is 0.146 e. The molecule has 2 aromatic rings. The van der Waals surface area contributed by atoms with Crippen LogP contribution in [0.25, 0.3) is 0 Å². The summed E-state index contributed by atoms with van der Waals surface area (Å²) >= 11 is 5.95. The number of rotatable bonds is 5. The van der Waals surface area contributed by atoms with Crippen molar-refractivity contribution in [2.75, 3.05) is 7.05 Å². The summed E-state index contributed by atoms with van der Waals surface area (Å²) in [6.45, 7) is 3.17. The van der Waals surface area contributed by atoms with Gasteiger partial charge in [-0.1, -0.05) is 11.6 Å². The number of hydrogen-bond donors (Lipinski definition) is 1. The van der Waals surface area contributed by atoms with Crippen molar-refractivity contribution in [2.45, 2.75) is 20.1 Å². The van der Waals surface area contributed by atoms with Gasteiger partial charge in [-0.2, -0.15) is 0 Å². The fraction of sp³-hybridized carbons (Fsp3) is 0.286. The van der Waals surface area contributed by atoms with Crippen LogP contribution in [0.5, 0.6) is 5.75 Å². The van der Waals surface area contributed by atoms with Gasteiger partial charge in [0, 0.05) is 17.1 Å². The highest BCUT2D eigenvalue weighted by molar-refractivity contribution is 6.31. The Kier molecular flexibility index (Phi) is 4.28. The fourth-order valence-electron chi connectivity index (χ4n) is 1.66. The molecule has 0 saturated carbocycles. The van der Waals surface area contributed by atoms with Crippen LogP contribution in [0.4, 0.5) is 0 Å². The van der Waals surface area contributed by atoms with E-state index in [9.17, 15) is 0 Å². The van der Waals surface area contributed by atoms with E-state index in [0.717, 1.165) is 34.2 Å². The van der Waals surface area contributed by atoms with Crippen molar-refractivity contribution in [3.63, 3.8) is 0 Å². The zero-order chi connectivity index (χ0) is 13.0. The normalized spacial score (nSPS) is 10.6. The Bertz CT molecular complexity index is 522. The van der Waals surface area contributed by atoms with Crippen LogP contribution in [0.15, 0.2) is 34.9 Å². The largest absolute Gasteiger partial charge is 0.486 e. The molecule has 0 saturated heterocycles. The molecule has 0 bridgehead atoms. The molecule has 0 unspecified atom stereocenters. The van der Waals surface area contributed by atoms with E-state index in [4.69, 9.17) is 20.8 Å². The summed E-state index contributed by atoms with van der Waals surface area (Å²) in [5.41, 5.74) is 2.12. The molecule has 0 amide bonds. The first-order chi connectivity index (χ1) is 8.69. The molecule has 0 radical (unpaired) electrons. The monoisotopic (exact) mass is 265 g/mol. The summed E-state index contributed by atoms with van der Waals surface area (Å²) < 4.78 is 11.0. The van der Waals surface area contributed by atoms with Crippen LogP contribution in [0.1, 0.15) is 16.9 Å². The third-order valence-corrected chi connectivity index (χ3v) is 3.02. The number of hydrogen-bond acceptors (Lipinski definition) is 3. The van der Waals surface area contributed by atoms with Crippen molar-refractivity contribution in [3.05, 3.63) is 52.4 Å². The fourth-order valence-corrected chi connectivity index (χ4v) is 1.78. The van der Waals surface area contributed by atoms with Gasteiger partial charge >= 0.3 is 0 Å². The van der Waals surface area contributed by atoms with E-state index >= 15 is 0 Å². The second kappa shape index (κ2) is 5.94. The first-order valence-corrected chi connectivity index (χ1v) is 6.16. The van der Waals surface area contributed by atoms with Gasteiger partial charge in [-0.25, -0.2) is 0 Å². The Morgan fingerprint density at radius 1 is 1.33 bits per heavy atom. The summed E-state index contributed by atoms with van der Waals surface area (Å²) in [6, 6.07) is 7.59. The molecule has 96 valence electrons. The molecule has 1 heterocycles. The van der Waals surface area contributed by atoms with Gasteiger partial charge in [0.1, 0.15) is 18.1 Å². The highest BCUT2D eigenvalue weighted by atomic mass is 35.5. The smallest absolute Gasteiger partial charge is 0.146 e. The number of aryl methyl sites for hydroxylation is 1. The number of furan rings is 1. The van der Waals surface area contributed by atoms with Gasteiger partial charge in [0.2, 0.25) is 0 Å². The van der Waals surface area contributed by atoms with E-state index in [0.29, 0.717) is 6.61 Å². The van der Waals surface area contributed by atoms with E-state index in [1.165, 1.54) is 0 Å². The maximum atomic E-state index is 5.95. The van der Waals surface area contributed by atoms with Gasteiger partial charge < -0.3 is 14.5 Å². The number of ether oxygens (including phenoxy) is 1. The van der Waals surface area contributed by atoms with Gasteiger partial charge in [-0.05, 0) is 43.8 Å². The van der Waals surface area contributed by atoms with E-state index in [1.807, 2.05) is 38.2 Å². The standard InChI is InChI=1S/C14H16ClNO2/c1-10-5-12(3-4-14(10)15)18-9-13-6-11(7-16-2)8-17-13/h3-6,8,16H,7,9H2,1-2H3. The molecule has 18 heavy (non-hydrogen) atoms. The average molecular weight is 266 g/mol. The lowest BCUT2D eigenvalue weighted by molar-refractivity contribution is 0.270. The van der Waals surface area contributed by atoms with E-state index in [1.54, 1.807) is 6.26 Å². The lowest BCUT2D eigenvalue weighted by Crippen LogP contribution is -2.03. The second-order valence-corrected chi connectivity index (χ2v) is 4.56. The van der Waals surface area contributed by atoms with Gasteiger partial charge in [-0.3, -0.25) is 0 Å². The van der Waals surface area contributed by atoms with Gasteiger partial charge in [0.05, 0.1) is 6.26 Å². The average Bonchev–Trinajstić information content (AvgIpc) is 2.79. The predicted molar refractivity (Wildman–Crippen MR) is 72.0 cm³/mol. The van der Waals surface area contributed by atoms with Crippen molar-refractivity contribution < 1.29 is 9.15 Å². The molecule has 0 aliphatic rings. The van der Waals surface area contributed by atoms with Crippen LogP contribution in [0.3, 0.4) is 0 Å². The quantitative estimate of drug-likeness (QED) is 0.898. The molecular weight excluding hydrogens is 250 g/mol. The second-order valence-electron chi connectivity index (χ2n) is 4.15. The van der Waals surface area contributed by atoms with Crippen LogP contribution >= 0.6 is 11.6 Å². The minimum atomic E-state index is 0.421. The summed E-state index contributed by atoms with van der Waals surface area (Å²) in [4.78, 5) is 0. The summed E-state index contributed by atoms with van der Waals surface area (Å²) in [7, 11) is 1.90. The minimum Gasteiger partial charge on any atom is -0.486 e. The van der Waals surface area contributed by atoms with E-state index in [-0.39, 0.29) is 0 Å². The van der Waals surface area contributed by atoms with E-state index < -0.39 is 0 Å². The highest BCUT2D eigenvalue weighted by Gasteiger charge is 2.03. The molecule has 1 N–H and O–H groups in total. The van der Waals surface area contributed by atoms with E-state index in [2.05, 4.69) is 5.32 Å². The lowest BCUT2D eigenvalue weighted by atomic mass is 10.2. The Balaban J connectivity index is 1.95. The molecule has 0 aliphatic carbocycles. The van der Waals surface area contributed by atoms with Crippen LogP contribution in [0.2, 0.25) is 5.02 Å². The van der Waals surface area contributed by atoms with Crippen LogP contribution in [-0.2, 0) is 13.2 Å². The first kappa shape index (κ1) is 13.0. The Labute approximate surface area is 112 Å². The zero-order valence-electron chi connectivity index (χ0n) is 10.5. The third kappa shape index (κ3) is 3.28. The summed E-state index contributed by atoms with van der Waals surface area (Å²) in [5.74, 6) is 1.61. The Morgan fingerprint density at radius 2 is 2.17 bits per heavy atom. The molecule has 4 heteroatoms. The van der Waals surface area contributed by atoms with Crippen molar-refractivity contribution in [2.24, 2.45) is 0 Å². The van der Waals surface area contributed by atoms with Gasteiger partial charge in [-0.15, -0.1) is 0 Å². The number of halogens is 1.